The lowest BCUT2D eigenvalue weighted by atomic mass is 9.99. The summed E-state index contributed by atoms with van der Waals surface area (Å²) in [6.07, 6.45) is 5.86. The standard InChI is InChI=1S/C13H17N3O/c14-10-11-4-3-7-15-13(11)16-8-2-1-5-12(16)6-9-17/h3-4,7,12,17H,1-2,5-6,8-9H2. The van der Waals surface area contributed by atoms with E-state index in [0.29, 0.717) is 11.6 Å². The molecular formula is C13H17N3O. The Bertz CT molecular complexity index is 411. The molecule has 1 aliphatic rings. The Balaban J connectivity index is 2.26. The molecule has 0 bridgehead atoms. The maximum Gasteiger partial charge on any atom is 0.146 e. The van der Waals surface area contributed by atoms with Crippen LogP contribution in [0.2, 0.25) is 0 Å². The van der Waals surface area contributed by atoms with E-state index in [2.05, 4.69) is 16.0 Å². The average molecular weight is 231 g/mol. The number of aliphatic hydroxyl groups excluding tert-OH is 1. The van der Waals surface area contributed by atoms with Crippen LogP contribution in [0.4, 0.5) is 5.82 Å². The molecule has 0 spiro atoms. The second-order valence-corrected chi connectivity index (χ2v) is 4.34. The smallest absolute Gasteiger partial charge is 0.146 e. The Morgan fingerprint density at radius 2 is 2.41 bits per heavy atom. The number of pyridine rings is 1. The first-order valence-electron chi connectivity index (χ1n) is 6.09. The number of nitriles is 1. The van der Waals surface area contributed by atoms with E-state index < -0.39 is 0 Å². The molecule has 1 aliphatic heterocycles. The molecule has 1 saturated heterocycles. The Kier molecular flexibility index (Phi) is 3.94. The van der Waals surface area contributed by atoms with Gasteiger partial charge in [0.2, 0.25) is 0 Å². The lowest BCUT2D eigenvalue weighted by Gasteiger charge is -2.36. The fourth-order valence-corrected chi connectivity index (χ4v) is 2.44. The first kappa shape index (κ1) is 11.9. The zero-order valence-corrected chi connectivity index (χ0v) is 9.84. The number of anilines is 1. The molecule has 0 radical (unpaired) electrons. The van der Waals surface area contributed by atoms with E-state index in [1.165, 1.54) is 6.42 Å². The minimum Gasteiger partial charge on any atom is -0.396 e. The topological polar surface area (TPSA) is 60.2 Å². The van der Waals surface area contributed by atoms with Crippen LogP contribution in [0.25, 0.3) is 0 Å². The minimum atomic E-state index is 0.190. The summed E-state index contributed by atoms with van der Waals surface area (Å²) in [5.41, 5.74) is 0.623. The number of piperidine rings is 1. The monoisotopic (exact) mass is 231 g/mol. The summed E-state index contributed by atoms with van der Waals surface area (Å²) < 4.78 is 0. The van der Waals surface area contributed by atoms with Gasteiger partial charge in [-0.1, -0.05) is 0 Å². The summed E-state index contributed by atoms with van der Waals surface area (Å²) in [5.74, 6) is 0.771. The second kappa shape index (κ2) is 5.65. The maximum atomic E-state index is 9.10. The average Bonchev–Trinajstić information content (AvgIpc) is 2.40. The van der Waals surface area contributed by atoms with Crippen LogP contribution in [0.3, 0.4) is 0 Å². The molecule has 90 valence electrons. The maximum absolute atomic E-state index is 9.10. The molecule has 0 amide bonds. The van der Waals surface area contributed by atoms with Crippen molar-refractivity contribution in [3.63, 3.8) is 0 Å². The number of hydrogen-bond acceptors (Lipinski definition) is 4. The lowest BCUT2D eigenvalue weighted by molar-refractivity contribution is 0.262. The first-order valence-corrected chi connectivity index (χ1v) is 6.09. The van der Waals surface area contributed by atoms with Gasteiger partial charge < -0.3 is 10.0 Å². The molecule has 1 aromatic rings. The van der Waals surface area contributed by atoms with Crippen LogP contribution in [0, 0.1) is 11.3 Å². The molecule has 2 heterocycles. The lowest BCUT2D eigenvalue weighted by Crippen LogP contribution is -2.41. The molecule has 4 nitrogen and oxygen atoms in total. The molecule has 1 fully saturated rings. The molecule has 17 heavy (non-hydrogen) atoms. The Hall–Kier alpha value is -1.60. The summed E-state index contributed by atoms with van der Waals surface area (Å²) in [6.45, 7) is 1.12. The van der Waals surface area contributed by atoms with Gasteiger partial charge in [0.15, 0.2) is 0 Å². The molecule has 0 saturated carbocycles. The van der Waals surface area contributed by atoms with E-state index in [1.54, 1.807) is 18.3 Å². The molecule has 4 heteroatoms. The highest BCUT2D eigenvalue weighted by Crippen LogP contribution is 2.26. The van der Waals surface area contributed by atoms with Crippen LogP contribution in [0.15, 0.2) is 18.3 Å². The number of aromatic nitrogens is 1. The van der Waals surface area contributed by atoms with Crippen LogP contribution in [-0.4, -0.2) is 29.3 Å². The molecule has 1 N–H and O–H groups in total. The van der Waals surface area contributed by atoms with Crippen LogP contribution in [0.1, 0.15) is 31.2 Å². The van der Waals surface area contributed by atoms with E-state index in [1.807, 2.05) is 0 Å². The summed E-state index contributed by atoms with van der Waals surface area (Å²) >= 11 is 0. The summed E-state index contributed by atoms with van der Waals surface area (Å²) in [6, 6.07) is 6.09. The van der Waals surface area contributed by atoms with Gasteiger partial charge in [0.1, 0.15) is 11.9 Å². The van der Waals surface area contributed by atoms with Crippen LogP contribution in [-0.2, 0) is 0 Å². The number of aliphatic hydroxyl groups is 1. The number of hydrogen-bond donors (Lipinski definition) is 1. The predicted octanol–water partition coefficient (Wildman–Crippen LogP) is 1.69. The van der Waals surface area contributed by atoms with Gasteiger partial charge in [-0.2, -0.15) is 5.26 Å². The van der Waals surface area contributed by atoms with Crippen molar-refractivity contribution in [3.8, 4) is 6.07 Å². The Morgan fingerprint density at radius 3 is 3.18 bits per heavy atom. The Labute approximate surface area is 102 Å². The Morgan fingerprint density at radius 1 is 1.53 bits per heavy atom. The summed E-state index contributed by atoms with van der Waals surface area (Å²) in [5, 5.41) is 18.2. The molecule has 1 aromatic heterocycles. The molecule has 0 aromatic carbocycles. The van der Waals surface area contributed by atoms with Crippen molar-refractivity contribution in [1.29, 1.82) is 5.26 Å². The van der Waals surface area contributed by atoms with Crippen molar-refractivity contribution in [2.45, 2.75) is 31.7 Å². The van der Waals surface area contributed by atoms with Crippen molar-refractivity contribution in [2.24, 2.45) is 0 Å². The zero-order chi connectivity index (χ0) is 12.1. The molecule has 1 atom stereocenters. The largest absolute Gasteiger partial charge is 0.396 e. The zero-order valence-electron chi connectivity index (χ0n) is 9.84. The van der Waals surface area contributed by atoms with Gasteiger partial charge in [0.05, 0.1) is 5.56 Å². The third-order valence-corrected chi connectivity index (χ3v) is 3.27. The fraction of sp³-hybridized carbons (Fsp3) is 0.538. The minimum absolute atomic E-state index is 0.190. The summed E-state index contributed by atoms with van der Waals surface area (Å²) in [4.78, 5) is 6.51. The molecule has 1 unspecified atom stereocenters. The van der Waals surface area contributed by atoms with Crippen LogP contribution >= 0.6 is 0 Å². The predicted molar refractivity (Wildman–Crippen MR) is 65.6 cm³/mol. The van der Waals surface area contributed by atoms with Crippen molar-refractivity contribution in [1.82, 2.24) is 4.98 Å². The van der Waals surface area contributed by atoms with Crippen molar-refractivity contribution >= 4 is 5.82 Å². The van der Waals surface area contributed by atoms with Crippen LogP contribution in [0.5, 0.6) is 0 Å². The molecular weight excluding hydrogens is 214 g/mol. The third kappa shape index (κ3) is 2.56. The van der Waals surface area contributed by atoms with Gasteiger partial charge in [-0.05, 0) is 37.8 Å². The van der Waals surface area contributed by atoms with E-state index in [9.17, 15) is 0 Å². The van der Waals surface area contributed by atoms with Gasteiger partial charge in [-0.3, -0.25) is 0 Å². The third-order valence-electron chi connectivity index (χ3n) is 3.27. The van der Waals surface area contributed by atoms with Gasteiger partial charge in [0, 0.05) is 25.4 Å². The van der Waals surface area contributed by atoms with Crippen molar-refractivity contribution in [2.75, 3.05) is 18.1 Å². The van der Waals surface area contributed by atoms with Gasteiger partial charge >= 0.3 is 0 Å². The van der Waals surface area contributed by atoms with Gasteiger partial charge in [0.25, 0.3) is 0 Å². The summed E-state index contributed by atoms with van der Waals surface area (Å²) in [7, 11) is 0. The van der Waals surface area contributed by atoms with Crippen LogP contribution < -0.4 is 4.90 Å². The molecule has 0 aliphatic carbocycles. The van der Waals surface area contributed by atoms with Crippen molar-refractivity contribution < 1.29 is 5.11 Å². The SMILES string of the molecule is N#Cc1cccnc1N1CCCCC1CCO. The van der Waals surface area contributed by atoms with Gasteiger partial charge in [-0.25, -0.2) is 4.98 Å². The fourth-order valence-electron chi connectivity index (χ4n) is 2.44. The normalized spacial score (nSPS) is 20.0. The van der Waals surface area contributed by atoms with E-state index in [0.717, 1.165) is 31.6 Å². The number of nitrogens with zero attached hydrogens (tertiary/aromatic N) is 3. The second-order valence-electron chi connectivity index (χ2n) is 4.34. The van der Waals surface area contributed by atoms with E-state index in [4.69, 9.17) is 10.4 Å². The number of rotatable bonds is 3. The highest BCUT2D eigenvalue weighted by molar-refractivity contribution is 5.54. The van der Waals surface area contributed by atoms with Gasteiger partial charge in [-0.15, -0.1) is 0 Å². The highest BCUT2D eigenvalue weighted by atomic mass is 16.3. The molecule has 2 rings (SSSR count). The van der Waals surface area contributed by atoms with Crippen molar-refractivity contribution in [3.05, 3.63) is 23.9 Å². The first-order chi connectivity index (χ1) is 8.36. The van der Waals surface area contributed by atoms with E-state index >= 15 is 0 Å². The highest BCUT2D eigenvalue weighted by Gasteiger charge is 2.24. The quantitative estimate of drug-likeness (QED) is 0.860. The van der Waals surface area contributed by atoms with E-state index in [-0.39, 0.29) is 6.61 Å².